The molecule has 0 bridgehead atoms. The Morgan fingerprint density at radius 1 is 1.00 bits per heavy atom. The van der Waals surface area contributed by atoms with Crippen LogP contribution in [-0.4, -0.2) is 45.4 Å². The summed E-state index contributed by atoms with van der Waals surface area (Å²) in [6, 6.07) is 10.2. The van der Waals surface area contributed by atoms with Gasteiger partial charge in [0.2, 0.25) is 0 Å². The smallest absolute Gasteiger partial charge is 0.408 e. The first-order chi connectivity index (χ1) is 19.0. The van der Waals surface area contributed by atoms with Gasteiger partial charge in [-0.3, -0.25) is 14.2 Å². The lowest BCUT2D eigenvalue weighted by Crippen LogP contribution is -2.37. The van der Waals surface area contributed by atoms with Crippen LogP contribution in [0.5, 0.6) is 0 Å². The number of halogens is 1. The zero-order valence-corrected chi connectivity index (χ0v) is 25.0. The zero-order chi connectivity index (χ0) is 30.5. The second kappa shape index (κ2) is 12.6. The molecular weight excluding hydrogens is 550 g/mol. The van der Waals surface area contributed by atoms with E-state index in [0.717, 1.165) is 0 Å². The molecule has 0 radical (unpaired) electrons. The van der Waals surface area contributed by atoms with Gasteiger partial charge in [0, 0.05) is 12.2 Å². The molecule has 1 aromatic heterocycles. The Bertz CT molecular complexity index is 1510. The van der Waals surface area contributed by atoms with Gasteiger partial charge in [-0.25, -0.2) is 14.6 Å². The minimum Gasteiger partial charge on any atom is -0.460 e. The van der Waals surface area contributed by atoms with E-state index < -0.39 is 40.9 Å². The van der Waals surface area contributed by atoms with E-state index in [1.807, 2.05) is 0 Å². The number of nitrogens with zero attached hydrogens (tertiary/aromatic N) is 2. The fourth-order valence-electron chi connectivity index (χ4n) is 3.86. The van der Waals surface area contributed by atoms with Gasteiger partial charge in [-0.05, 0) is 78.8 Å². The van der Waals surface area contributed by atoms with E-state index in [0.29, 0.717) is 16.9 Å². The summed E-state index contributed by atoms with van der Waals surface area (Å²) in [4.78, 5) is 55.3. The number of fused-ring (bicyclic) bond motifs is 1. The summed E-state index contributed by atoms with van der Waals surface area (Å²) in [5.74, 6) is -0.196. The van der Waals surface area contributed by atoms with Crippen molar-refractivity contribution >= 4 is 46.3 Å². The highest BCUT2D eigenvalue weighted by Crippen LogP contribution is 2.24. The number of benzene rings is 2. The minimum absolute atomic E-state index is 0.00946. The molecule has 3 aromatic rings. The maximum atomic E-state index is 13.8. The van der Waals surface area contributed by atoms with Crippen LogP contribution < -0.4 is 21.5 Å². The van der Waals surface area contributed by atoms with E-state index >= 15 is 0 Å². The first-order valence-electron chi connectivity index (χ1n) is 13.1. The maximum absolute atomic E-state index is 13.8. The van der Waals surface area contributed by atoms with E-state index in [9.17, 15) is 19.2 Å². The summed E-state index contributed by atoms with van der Waals surface area (Å²) in [6.07, 6.45) is -0.661. The minimum atomic E-state index is -0.742. The number of carbonyl (C=O) groups is 3. The number of nitrogens with one attached hydrogen (secondary N) is 3. The average Bonchev–Trinajstić information content (AvgIpc) is 2.81. The Kier molecular flexibility index (Phi) is 9.65. The van der Waals surface area contributed by atoms with Crippen molar-refractivity contribution in [2.75, 3.05) is 11.9 Å². The van der Waals surface area contributed by atoms with Crippen molar-refractivity contribution in [1.29, 1.82) is 0 Å². The van der Waals surface area contributed by atoms with Crippen molar-refractivity contribution in [3.8, 4) is 5.69 Å². The fourth-order valence-corrected chi connectivity index (χ4v) is 4.11. The van der Waals surface area contributed by atoms with Crippen molar-refractivity contribution < 1.29 is 23.9 Å². The molecule has 12 heteroatoms. The lowest BCUT2D eigenvalue weighted by atomic mass is 10.2. The lowest BCUT2D eigenvalue weighted by molar-refractivity contribution is -0.154. The van der Waals surface area contributed by atoms with Gasteiger partial charge in [0.1, 0.15) is 17.0 Å². The molecule has 0 saturated carbocycles. The van der Waals surface area contributed by atoms with Crippen molar-refractivity contribution in [3.05, 3.63) is 63.7 Å². The third kappa shape index (κ3) is 8.94. The number of carbonyl (C=O) groups excluding carboxylic acids is 3. The number of hydrogen-bond donors (Lipinski definition) is 3. The third-order valence-corrected chi connectivity index (χ3v) is 5.71. The maximum Gasteiger partial charge on any atom is 0.408 e. The second-order valence-electron chi connectivity index (χ2n) is 11.4. The first-order valence-corrected chi connectivity index (χ1v) is 13.5. The first kappa shape index (κ1) is 31.4. The number of urea groups is 1. The van der Waals surface area contributed by atoms with Crippen LogP contribution in [0.4, 0.5) is 15.3 Å². The van der Waals surface area contributed by atoms with Gasteiger partial charge in [0.15, 0.2) is 0 Å². The van der Waals surface area contributed by atoms with Crippen LogP contribution in [0.1, 0.15) is 66.8 Å². The number of anilines is 1. The average molecular weight is 586 g/mol. The molecule has 0 aliphatic heterocycles. The van der Waals surface area contributed by atoms with Gasteiger partial charge < -0.3 is 25.4 Å². The predicted molar refractivity (Wildman–Crippen MR) is 158 cm³/mol. The van der Waals surface area contributed by atoms with Gasteiger partial charge >= 0.3 is 18.1 Å². The standard InChI is InChI=1S/C29H36ClN5O6/c1-17(32-27(39)41-29(5,6)7)24-34-21-13-9-12-20(30)23(21)25(37)35(24)19-11-8-10-18(16-19)33-26(38)31-15-14-22(36)40-28(2,3)4/h8-13,16-17H,14-15H2,1-7H3,(H,32,39)(H2,31,33,38)/t17-/m0/s1. The van der Waals surface area contributed by atoms with Gasteiger partial charge in [-0.1, -0.05) is 23.7 Å². The fraction of sp³-hybridized carbons (Fsp3) is 0.414. The topological polar surface area (TPSA) is 141 Å². The molecule has 1 atom stereocenters. The summed E-state index contributed by atoms with van der Waals surface area (Å²) in [6.45, 7) is 12.3. The molecule has 0 saturated heterocycles. The van der Waals surface area contributed by atoms with E-state index in [1.54, 1.807) is 90.9 Å². The molecule has 0 fully saturated rings. The number of esters is 1. The summed E-state index contributed by atoms with van der Waals surface area (Å²) in [5.41, 5.74) is -0.664. The molecule has 0 aliphatic carbocycles. The SMILES string of the molecule is C[C@H](NC(=O)OC(C)(C)C)c1nc2cccc(Cl)c2c(=O)n1-c1cccc(NC(=O)NCCC(=O)OC(C)(C)C)c1. The summed E-state index contributed by atoms with van der Waals surface area (Å²) >= 11 is 6.38. The number of ether oxygens (including phenoxy) is 2. The molecule has 3 N–H and O–H groups in total. The van der Waals surface area contributed by atoms with E-state index in [1.165, 1.54) is 4.57 Å². The lowest BCUT2D eigenvalue weighted by Gasteiger charge is -2.23. The highest BCUT2D eigenvalue weighted by atomic mass is 35.5. The Balaban J connectivity index is 1.90. The summed E-state index contributed by atoms with van der Waals surface area (Å²) in [7, 11) is 0. The number of rotatable bonds is 7. The Labute approximate surface area is 243 Å². The van der Waals surface area contributed by atoms with Crippen LogP contribution >= 0.6 is 11.6 Å². The van der Waals surface area contributed by atoms with Gasteiger partial charge in [-0.15, -0.1) is 0 Å². The molecule has 0 aliphatic rings. The molecule has 0 unspecified atom stereocenters. The Morgan fingerprint density at radius 2 is 1.66 bits per heavy atom. The Morgan fingerprint density at radius 3 is 2.32 bits per heavy atom. The zero-order valence-electron chi connectivity index (χ0n) is 24.3. The van der Waals surface area contributed by atoms with Crippen molar-refractivity contribution in [3.63, 3.8) is 0 Å². The molecule has 2 aromatic carbocycles. The monoisotopic (exact) mass is 585 g/mol. The number of hydrogen-bond acceptors (Lipinski definition) is 7. The largest absolute Gasteiger partial charge is 0.460 e. The number of alkyl carbamates (subject to hydrolysis) is 1. The van der Waals surface area contributed by atoms with Crippen LogP contribution in [0.3, 0.4) is 0 Å². The quantitative estimate of drug-likeness (QED) is 0.312. The van der Waals surface area contributed by atoms with Crippen LogP contribution in [0.25, 0.3) is 16.6 Å². The number of aromatic nitrogens is 2. The molecule has 41 heavy (non-hydrogen) atoms. The van der Waals surface area contributed by atoms with E-state index in [4.69, 9.17) is 21.1 Å². The van der Waals surface area contributed by atoms with Gasteiger partial charge in [0.05, 0.1) is 34.1 Å². The van der Waals surface area contributed by atoms with Crippen LogP contribution in [0.15, 0.2) is 47.3 Å². The highest BCUT2D eigenvalue weighted by Gasteiger charge is 2.24. The van der Waals surface area contributed by atoms with Crippen LogP contribution in [0.2, 0.25) is 5.02 Å². The molecule has 1 heterocycles. The summed E-state index contributed by atoms with van der Waals surface area (Å²) < 4.78 is 11.9. The van der Waals surface area contributed by atoms with Crippen LogP contribution in [-0.2, 0) is 14.3 Å². The Hall–Kier alpha value is -4.12. The van der Waals surface area contributed by atoms with Crippen molar-refractivity contribution in [2.24, 2.45) is 0 Å². The second-order valence-corrected chi connectivity index (χ2v) is 11.8. The molecule has 0 spiro atoms. The summed E-state index contributed by atoms with van der Waals surface area (Å²) in [5, 5.41) is 8.47. The van der Waals surface area contributed by atoms with Crippen molar-refractivity contribution in [2.45, 2.75) is 72.1 Å². The molecular formula is C29H36ClN5O6. The number of amides is 3. The normalized spacial score (nSPS) is 12.4. The molecule has 220 valence electrons. The third-order valence-electron chi connectivity index (χ3n) is 5.39. The molecule has 3 amide bonds. The van der Waals surface area contributed by atoms with Crippen molar-refractivity contribution in [1.82, 2.24) is 20.2 Å². The molecule has 11 nitrogen and oxygen atoms in total. The van der Waals surface area contributed by atoms with Crippen LogP contribution in [0, 0.1) is 0 Å². The van der Waals surface area contributed by atoms with E-state index in [2.05, 4.69) is 20.9 Å². The predicted octanol–water partition coefficient (Wildman–Crippen LogP) is 5.48. The van der Waals surface area contributed by atoms with Gasteiger partial charge in [-0.2, -0.15) is 0 Å². The highest BCUT2D eigenvalue weighted by molar-refractivity contribution is 6.35. The van der Waals surface area contributed by atoms with E-state index in [-0.39, 0.29) is 29.2 Å². The molecule has 3 rings (SSSR count). The van der Waals surface area contributed by atoms with Gasteiger partial charge in [0.25, 0.3) is 5.56 Å².